The number of hydrogen-bond acceptors (Lipinski definition) is 4. The fraction of sp³-hybridized carbons (Fsp3) is 0.400. The number of carbonyl (C=O) groups excluding carboxylic acids is 1. The number of nitrogen functional groups attached to an aromatic ring is 1. The van der Waals surface area contributed by atoms with Crippen LogP contribution in [0.25, 0.3) is 0 Å². The molecule has 0 radical (unpaired) electrons. The maximum absolute atomic E-state index is 11.8. The van der Waals surface area contributed by atoms with Crippen molar-refractivity contribution in [3.05, 3.63) is 23.9 Å². The van der Waals surface area contributed by atoms with Crippen LogP contribution in [-0.4, -0.2) is 42.1 Å². The van der Waals surface area contributed by atoms with Crippen LogP contribution in [0.2, 0.25) is 0 Å². The third kappa shape index (κ3) is 1.92. The number of rotatable bonds is 2. The SMILES string of the molecule is COC1CN(C(=O)c2ccc(N)nc2)C1. The molecule has 1 aromatic rings. The number of nitrogens with two attached hydrogens (primary N) is 1. The van der Waals surface area contributed by atoms with Crippen LogP contribution in [0, 0.1) is 0 Å². The maximum atomic E-state index is 11.8. The van der Waals surface area contributed by atoms with E-state index in [-0.39, 0.29) is 12.0 Å². The van der Waals surface area contributed by atoms with E-state index in [0.29, 0.717) is 24.5 Å². The summed E-state index contributed by atoms with van der Waals surface area (Å²) in [6.07, 6.45) is 1.67. The van der Waals surface area contributed by atoms with Crippen molar-refractivity contribution < 1.29 is 9.53 Å². The Kier molecular flexibility index (Phi) is 2.55. The van der Waals surface area contributed by atoms with Gasteiger partial charge in [-0.2, -0.15) is 0 Å². The number of methoxy groups -OCH3 is 1. The van der Waals surface area contributed by atoms with Gasteiger partial charge in [0, 0.05) is 26.4 Å². The predicted octanol–water partition coefficient (Wildman–Crippen LogP) is 0.135. The van der Waals surface area contributed by atoms with E-state index >= 15 is 0 Å². The summed E-state index contributed by atoms with van der Waals surface area (Å²) in [5, 5.41) is 0. The molecule has 1 aliphatic heterocycles. The Bertz CT molecular complexity index is 357. The third-order valence-corrected chi connectivity index (χ3v) is 2.50. The predicted molar refractivity (Wildman–Crippen MR) is 55.3 cm³/mol. The highest BCUT2D eigenvalue weighted by Crippen LogP contribution is 2.15. The lowest BCUT2D eigenvalue weighted by Gasteiger charge is -2.38. The second-order valence-electron chi connectivity index (χ2n) is 3.54. The van der Waals surface area contributed by atoms with Crippen molar-refractivity contribution in [1.29, 1.82) is 0 Å². The van der Waals surface area contributed by atoms with Gasteiger partial charge in [0.05, 0.1) is 11.7 Å². The number of amides is 1. The number of aromatic nitrogens is 1. The third-order valence-electron chi connectivity index (χ3n) is 2.50. The van der Waals surface area contributed by atoms with Gasteiger partial charge in [-0.1, -0.05) is 0 Å². The first-order chi connectivity index (χ1) is 7.20. The van der Waals surface area contributed by atoms with Crippen LogP contribution in [-0.2, 0) is 4.74 Å². The molecule has 15 heavy (non-hydrogen) atoms. The molecule has 5 heteroatoms. The van der Waals surface area contributed by atoms with Crippen molar-refractivity contribution >= 4 is 11.7 Å². The summed E-state index contributed by atoms with van der Waals surface area (Å²) >= 11 is 0. The molecular weight excluding hydrogens is 194 g/mol. The molecule has 1 saturated heterocycles. The van der Waals surface area contributed by atoms with Crippen molar-refractivity contribution in [2.24, 2.45) is 0 Å². The zero-order chi connectivity index (χ0) is 10.8. The Morgan fingerprint density at radius 3 is 2.87 bits per heavy atom. The van der Waals surface area contributed by atoms with E-state index in [1.807, 2.05) is 0 Å². The number of carbonyl (C=O) groups is 1. The Morgan fingerprint density at radius 1 is 1.60 bits per heavy atom. The summed E-state index contributed by atoms with van der Waals surface area (Å²) in [6, 6.07) is 3.31. The van der Waals surface area contributed by atoms with Crippen molar-refractivity contribution in [3.8, 4) is 0 Å². The zero-order valence-corrected chi connectivity index (χ0v) is 8.51. The molecule has 5 nitrogen and oxygen atoms in total. The minimum atomic E-state index is -0.0178. The first kappa shape index (κ1) is 9.92. The summed E-state index contributed by atoms with van der Waals surface area (Å²) in [5.41, 5.74) is 6.01. The highest BCUT2D eigenvalue weighted by molar-refractivity contribution is 5.94. The molecule has 0 spiro atoms. The average molecular weight is 207 g/mol. The van der Waals surface area contributed by atoms with E-state index in [9.17, 15) is 4.79 Å². The van der Waals surface area contributed by atoms with E-state index in [4.69, 9.17) is 10.5 Å². The van der Waals surface area contributed by atoms with Crippen LogP contribution >= 0.6 is 0 Å². The molecule has 0 aliphatic carbocycles. The molecule has 0 bridgehead atoms. The molecule has 2 rings (SSSR count). The molecule has 0 atom stereocenters. The van der Waals surface area contributed by atoms with Crippen LogP contribution in [0.1, 0.15) is 10.4 Å². The van der Waals surface area contributed by atoms with Crippen LogP contribution in [0.4, 0.5) is 5.82 Å². The van der Waals surface area contributed by atoms with Gasteiger partial charge >= 0.3 is 0 Å². The molecule has 1 aromatic heterocycles. The van der Waals surface area contributed by atoms with Crippen molar-refractivity contribution in [2.75, 3.05) is 25.9 Å². The summed E-state index contributed by atoms with van der Waals surface area (Å²) in [5.74, 6) is 0.403. The van der Waals surface area contributed by atoms with Gasteiger partial charge < -0.3 is 15.4 Å². The summed E-state index contributed by atoms with van der Waals surface area (Å²) < 4.78 is 5.09. The second kappa shape index (κ2) is 3.86. The molecule has 1 aliphatic rings. The van der Waals surface area contributed by atoms with Gasteiger partial charge in [-0.15, -0.1) is 0 Å². The molecule has 0 unspecified atom stereocenters. The number of pyridine rings is 1. The van der Waals surface area contributed by atoms with Gasteiger partial charge in [-0.3, -0.25) is 4.79 Å². The minimum Gasteiger partial charge on any atom is -0.384 e. The van der Waals surface area contributed by atoms with Gasteiger partial charge in [0.15, 0.2) is 0 Å². The minimum absolute atomic E-state index is 0.0178. The summed E-state index contributed by atoms with van der Waals surface area (Å²) in [6.45, 7) is 1.30. The Hall–Kier alpha value is -1.62. The lowest BCUT2D eigenvalue weighted by atomic mass is 10.1. The molecule has 0 saturated carbocycles. The fourth-order valence-corrected chi connectivity index (χ4v) is 1.47. The number of ether oxygens (including phenoxy) is 1. The summed E-state index contributed by atoms with van der Waals surface area (Å²) in [7, 11) is 1.65. The van der Waals surface area contributed by atoms with Gasteiger partial charge in [0.2, 0.25) is 0 Å². The highest BCUT2D eigenvalue weighted by atomic mass is 16.5. The number of nitrogens with zero attached hydrogens (tertiary/aromatic N) is 2. The molecule has 2 heterocycles. The van der Waals surface area contributed by atoms with Crippen LogP contribution < -0.4 is 5.73 Å². The maximum Gasteiger partial charge on any atom is 0.255 e. The van der Waals surface area contributed by atoms with Crippen molar-refractivity contribution in [1.82, 2.24) is 9.88 Å². The largest absolute Gasteiger partial charge is 0.384 e. The molecule has 2 N–H and O–H groups in total. The number of likely N-dealkylation sites (tertiary alicyclic amines) is 1. The zero-order valence-electron chi connectivity index (χ0n) is 8.51. The molecule has 1 amide bonds. The van der Waals surface area contributed by atoms with Gasteiger partial charge in [0.1, 0.15) is 5.82 Å². The Balaban J connectivity index is 2.00. The number of hydrogen-bond donors (Lipinski definition) is 1. The topological polar surface area (TPSA) is 68.5 Å². The van der Waals surface area contributed by atoms with E-state index in [1.54, 1.807) is 24.1 Å². The van der Waals surface area contributed by atoms with Crippen LogP contribution in [0.5, 0.6) is 0 Å². The lowest BCUT2D eigenvalue weighted by molar-refractivity contribution is -0.0192. The lowest BCUT2D eigenvalue weighted by Crippen LogP contribution is -2.54. The fourth-order valence-electron chi connectivity index (χ4n) is 1.47. The van der Waals surface area contributed by atoms with Gasteiger partial charge in [-0.05, 0) is 12.1 Å². The normalized spacial score (nSPS) is 16.2. The Labute approximate surface area is 87.8 Å². The first-order valence-corrected chi connectivity index (χ1v) is 4.74. The molecule has 0 aromatic carbocycles. The number of anilines is 1. The molecule has 1 fully saturated rings. The summed E-state index contributed by atoms with van der Waals surface area (Å²) in [4.78, 5) is 17.4. The van der Waals surface area contributed by atoms with Crippen molar-refractivity contribution in [2.45, 2.75) is 6.10 Å². The van der Waals surface area contributed by atoms with E-state index < -0.39 is 0 Å². The van der Waals surface area contributed by atoms with E-state index in [0.717, 1.165) is 0 Å². The highest BCUT2D eigenvalue weighted by Gasteiger charge is 2.30. The first-order valence-electron chi connectivity index (χ1n) is 4.74. The van der Waals surface area contributed by atoms with E-state index in [2.05, 4.69) is 4.98 Å². The monoisotopic (exact) mass is 207 g/mol. The van der Waals surface area contributed by atoms with E-state index in [1.165, 1.54) is 6.20 Å². The van der Waals surface area contributed by atoms with Crippen LogP contribution in [0.3, 0.4) is 0 Å². The molecular formula is C10H13N3O2. The smallest absolute Gasteiger partial charge is 0.255 e. The van der Waals surface area contributed by atoms with Crippen LogP contribution in [0.15, 0.2) is 18.3 Å². The van der Waals surface area contributed by atoms with Crippen molar-refractivity contribution in [3.63, 3.8) is 0 Å². The second-order valence-corrected chi connectivity index (χ2v) is 3.54. The van der Waals surface area contributed by atoms with Gasteiger partial charge in [0.25, 0.3) is 5.91 Å². The quantitative estimate of drug-likeness (QED) is 0.748. The standard InChI is InChI=1S/C10H13N3O2/c1-15-8-5-13(6-8)10(14)7-2-3-9(11)12-4-7/h2-4,8H,5-6H2,1H3,(H2,11,12). The molecule has 80 valence electrons. The Morgan fingerprint density at radius 2 is 2.33 bits per heavy atom. The van der Waals surface area contributed by atoms with Gasteiger partial charge in [-0.25, -0.2) is 4.98 Å². The average Bonchev–Trinajstić information content (AvgIpc) is 2.17.